The van der Waals surface area contributed by atoms with Gasteiger partial charge < -0.3 is 9.47 Å². The monoisotopic (exact) mass is 494 g/mol. The van der Waals surface area contributed by atoms with Crippen LogP contribution in [0.15, 0.2) is 71.5 Å². The second kappa shape index (κ2) is 9.41. The van der Waals surface area contributed by atoms with Gasteiger partial charge in [0.05, 0.1) is 19.0 Å². The molecule has 0 bridgehead atoms. The van der Waals surface area contributed by atoms with Crippen molar-refractivity contribution in [1.82, 2.24) is 14.5 Å². The molecule has 0 radical (unpaired) electrons. The lowest BCUT2D eigenvalue weighted by molar-refractivity contribution is 0.173. The van der Waals surface area contributed by atoms with Crippen molar-refractivity contribution >= 4 is 11.6 Å². The van der Waals surface area contributed by atoms with Crippen molar-refractivity contribution in [3.05, 3.63) is 111 Å². The molecule has 0 aliphatic carbocycles. The summed E-state index contributed by atoms with van der Waals surface area (Å²) in [5.74, 6) is 2.22. The van der Waals surface area contributed by atoms with Crippen LogP contribution in [0.3, 0.4) is 0 Å². The van der Waals surface area contributed by atoms with Crippen molar-refractivity contribution in [1.29, 1.82) is 0 Å². The molecule has 3 heterocycles. The first-order chi connectivity index (χ1) is 18.0. The minimum Gasteiger partial charge on any atom is -0.454 e. The number of aryl methyl sites for hydroxylation is 3. The average molecular weight is 495 g/mol. The fourth-order valence-electron chi connectivity index (χ4n) is 5.22. The topological polar surface area (TPSA) is 59.8 Å². The number of benzene rings is 3. The lowest BCUT2D eigenvalue weighted by Gasteiger charge is -2.39. The van der Waals surface area contributed by atoms with Crippen molar-refractivity contribution in [2.45, 2.75) is 40.4 Å². The molecule has 0 spiro atoms. The summed E-state index contributed by atoms with van der Waals surface area (Å²) in [6.45, 7) is 8.13. The van der Waals surface area contributed by atoms with E-state index in [1.165, 1.54) is 5.56 Å². The quantitative estimate of drug-likeness (QED) is 0.387. The minimum atomic E-state index is 0.0107. The third-order valence-electron chi connectivity index (χ3n) is 7.08. The summed E-state index contributed by atoms with van der Waals surface area (Å²) in [7, 11) is 0. The van der Waals surface area contributed by atoms with E-state index in [4.69, 9.17) is 14.5 Å². The van der Waals surface area contributed by atoms with Crippen LogP contribution in [0.5, 0.6) is 11.5 Å². The molecule has 1 aromatic heterocycles. The molecule has 2 aliphatic rings. The molecule has 37 heavy (non-hydrogen) atoms. The third kappa shape index (κ3) is 4.47. The maximum Gasteiger partial charge on any atom is 0.259 e. The predicted molar refractivity (Wildman–Crippen MR) is 144 cm³/mol. The van der Waals surface area contributed by atoms with Crippen LogP contribution < -0.4 is 19.9 Å². The van der Waals surface area contributed by atoms with Crippen LogP contribution in [0, 0.1) is 20.8 Å². The van der Waals surface area contributed by atoms with Crippen molar-refractivity contribution in [3.8, 4) is 11.5 Å². The number of anilines is 2. The second-order valence-corrected chi connectivity index (χ2v) is 9.89. The van der Waals surface area contributed by atoms with Crippen LogP contribution in [-0.4, -0.2) is 27.9 Å². The second-order valence-electron chi connectivity index (χ2n) is 9.89. The van der Waals surface area contributed by atoms with E-state index in [1.807, 2.05) is 41.8 Å². The molecule has 7 nitrogen and oxygen atoms in total. The van der Waals surface area contributed by atoms with Gasteiger partial charge in [-0.25, -0.2) is 4.98 Å². The molecule has 0 saturated carbocycles. The largest absolute Gasteiger partial charge is 0.454 e. The zero-order chi connectivity index (χ0) is 25.5. The van der Waals surface area contributed by atoms with Gasteiger partial charge in [-0.1, -0.05) is 54.1 Å². The van der Waals surface area contributed by atoms with Crippen LogP contribution in [-0.2, 0) is 19.6 Å². The van der Waals surface area contributed by atoms with Gasteiger partial charge in [-0.05, 0) is 55.7 Å². The zero-order valence-electron chi connectivity index (χ0n) is 21.4. The Morgan fingerprint density at radius 2 is 1.68 bits per heavy atom. The van der Waals surface area contributed by atoms with Gasteiger partial charge in [0.2, 0.25) is 12.7 Å². The fraction of sp³-hybridized carbons (Fsp3) is 0.267. The van der Waals surface area contributed by atoms with Crippen LogP contribution in [0.1, 0.15) is 33.5 Å². The van der Waals surface area contributed by atoms with Crippen LogP contribution in [0.4, 0.5) is 11.6 Å². The third-order valence-corrected chi connectivity index (χ3v) is 7.08. The van der Waals surface area contributed by atoms with E-state index in [1.54, 1.807) is 0 Å². The molecule has 0 amide bonds. The van der Waals surface area contributed by atoms with Gasteiger partial charge in [0.1, 0.15) is 0 Å². The summed E-state index contributed by atoms with van der Waals surface area (Å²) in [6, 6.07) is 22.5. The van der Waals surface area contributed by atoms with Gasteiger partial charge in [-0.15, -0.1) is 0 Å². The summed E-state index contributed by atoms with van der Waals surface area (Å²) in [4.78, 5) is 23.4. The van der Waals surface area contributed by atoms with Crippen LogP contribution in [0.25, 0.3) is 0 Å². The molecule has 188 valence electrons. The van der Waals surface area contributed by atoms with Crippen LogP contribution in [0.2, 0.25) is 0 Å². The Labute approximate surface area is 216 Å². The number of aromatic nitrogens is 2. The molecule has 7 heteroatoms. The van der Waals surface area contributed by atoms with Gasteiger partial charge >= 0.3 is 0 Å². The first kappa shape index (κ1) is 23.3. The van der Waals surface area contributed by atoms with Gasteiger partial charge in [-0.3, -0.25) is 19.2 Å². The van der Waals surface area contributed by atoms with E-state index in [9.17, 15) is 4.79 Å². The highest BCUT2D eigenvalue weighted by molar-refractivity contribution is 5.63. The van der Waals surface area contributed by atoms with E-state index in [-0.39, 0.29) is 12.4 Å². The Bertz CT molecular complexity index is 1530. The van der Waals surface area contributed by atoms with Gasteiger partial charge in [0, 0.05) is 24.2 Å². The molecular formula is C30H30N4O3. The number of hydrogen-bond acceptors (Lipinski definition) is 6. The van der Waals surface area contributed by atoms with E-state index in [0.717, 1.165) is 45.1 Å². The summed E-state index contributed by atoms with van der Waals surface area (Å²) in [5, 5.41) is 0. The van der Waals surface area contributed by atoms with Crippen LogP contribution >= 0.6 is 0 Å². The SMILES string of the molecule is Cc1ccc(N2CN(Cc3ccc4c(c3)OCO4)Cn3c2nc(C)c(Cc2ccccc2)c3=O)c(C)c1. The predicted octanol–water partition coefficient (Wildman–Crippen LogP) is 5.06. The number of rotatable bonds is 5. The number of nitrogens with zero attached hydrogens (tertiary/aromatic N) is 4. The van der Waals surface area contributed by atoms with Crippen molar-refractivity contribution in [3.63, 3.8) is 0 Å². The molecular weight excluding hydrogens is 464 g/mol. The standard InChI is InChI=1S/C30H30N4O3/c1-20-9-11-26(21(2)13-20)33-17-32(16-24-10-12-27-28(15-24)37-19-36-27)18-34-29(35)25(22(3)31-30(33)34)14-23-7-5-4-6-8-23/h4-13,15H,14,16-19H2,1-3H3. The molecule has 2 aliphatic heterocycles. The average Bonchev–Trinajstić information content (AvgIpc) is 3.35. The minimum absolute atomic E-state index is 0.0107. The first-order valence-corrected chi connectivity index (χ1v) is 12.6. The lowest BCUT2D eigenvalue weighted by atomic mass is 10.0. The van der Waals surface area contributed by atoms with Gasteiger partial charge in [-0.2, -0.15) is 0 Å². The molecule has 3 aromatic carbocycles. The molecule has 4 aromatic rings. The highest BCUT2D eigenvalue weighted by Gasteiger charge is 2.29. The maximum absolute atomic E-state index is 13.9. The Kier molecular flexibility index (Phi) is 5.93. The lowest BCUT2D eigenvalue weighted by Crippen LogP contribution is -2.47. The van der Waals surface area contributed by atoms with Gasteiger partial charge in [0.25, 0.3) is 5.56 Å². The fourth-order valence-corrected chi connectivity index (χ4v) is 5.22. The Morgan fingerprint density at radius 1 is 0.865 bits per heavy atom. The maximum atomic E-state index is 13.9. The summed E-state index contributed by atoms with van der Waals surface area (Å²) >= 11 is 0. The van der Waals surface area contributed by atoms with Crippen molar-refractivity contribution < 1.29 is 9.47 Å². The summed E-state index contributed by atoms with van der Waals surface area (Å²) in [6.07, 6.45) is 0.560. The van der Waals surface area contributed by atoms with E-state index in [0.29, 0.717) is 32.3 Å². The molecule has 6 rings (SSSR count). The normalized spacial score (nSPS) is 14.6. The van der Waals surface area contributed by atoms with E-state index >= 15 is 0 Å². The Balaban J connectivity index is 1.41. The molecule has 0 N–H and O–H groups in total. The van der Waals surface area contributed by atoms with Crippen molar-refractivity contribution in [2.24, 2.45) is 0 Å². The molecule has 0 atom stereocenters. The van der Waals surface area contributed by atoms with Crippen molar-refractivity contribution in [2.75, 3.05) is 18.4 Å². The number of hydrogen-bond donors (Lipinski definition) is 0. The number of fused-ring (bicyclic) bond motifs is 2. The Hall–Kier alpha value is -4.10. The van der Waals surface area contributed by atoms with E-state index < -0.39 is 0 Å². The van der Waals surface area contributed by atoms with Gasteiger partial charge in [0.15, 0.2) is 11.5 Å². The smallest absolute Gasteiger partial charge is 0.259 e. The number of ether oxygens (including phenoxy) is 2. The van der Waals surface area contributed by atoms with E-state index in [2.05, 4.69) is 60.0 Å². The molecule has 0 fully saturated rings. The zero-order valence-corrected chi connectivity index (χ0v) is 21.4. The summed E-state index contributed by atoms with van der Waals surface area (Å²) in [5.41, 5.74) is 7.13. The Morgan fingerprint density at radius 3 is 2.49 bits per heavy atom. The highest BCUT2D eigenvalue weighted by atomic mass is 16.7. The summed E-state index contributed by atoms with van der Waals surface area (Å²) < 4.78 is 12.9. The first-order valence-electron chi connectivity index (χ1n) is 12.6. The highest BCUT2D eigenvalue weighted by Crippen LogP contribution is 2.34. The molecule has 0 unspecified atom stereocenters. The molecule has 0 saturated heterocycles.